The number of carbonyl (C=O) groups excluding carboxylic acids is 2. The summed E-state index contributed by atoms with van der Waals surface area (Å²) in [7, 11) is 0. The van der Waals surface area contributed by atoms with Crippen LogP contribution < -0.4 is 14.8 Å². The van der Waals surface area contributed by atoms with E-state index < -0.39 is 5.97 Å². The van der Waals surface area contributed by atoms with Gasteiger partial charge in [0.05, 0.1) is 22.3 Å². The van der Waals surface area contributed by atoms with Gasteiger partial charge in [-0.2, -0.15) is 0 Å². The predicted molar refractivity (Wildman–Crippen MR) is 95.6 cm³/mol. The summed E-state index contributed by atoms with van der Waals surface area (Å²) in [6.45, 7) is 4.02. The third-order valence-corrected chi connectivity index (χ3v) is 3.65. The van der Waals surface area contributed by atoms with Crippen LogP contribution in [0.1, 0.15) is 30.6 Å². The molecule has 2 rings (SSSR count). The van der Waals surface area contributed by atoms with Crippen molar-refractivity contribution in [2.45, 2.75) is 20.3 Å². The molecule has 2 aromatic rings. The lowest BCUT2D eigenvalue weighted by molar-refractivity contribution is -0.114. The Morgan fingerprint density at radius 3 is 2.54 bits per heavy atom. The molecule has 0 radical (unpaired) electrons. The van der Waals surface area contributed by atoms with Crippen molar-refractivity contribution in [3.8, 4) is 11.5 Å². The lowest BCUT2D eigenvalue weighted by Gasteiger charge is -2.11. The first kappa shape index (κ1) is 18.0. The number of para-hydroxylation sites is 2. The zero-order valence-corrected chi connectivity index (χ0v) is 15.1. The van der Waals surface area contributed by atoms with Crippen molar-refractivity contribution < 1.29 is 19.1 Å². The molecule has 0 unspecified atom stereocenters. The Labute approximate surface area is 149 Å². The lowest BCUT2D eigenvalue weighted by Crippen LogP contribution is -2.12. The number of esters is 1. The topological polar surface area (TPSA) is 64.6 Å². The highest BCUT2D eigenvalue weighted by Crippen LogP contribution is 2.28. The zero-order chi connectivity index (χ0) is 17.5. The van der Waals surface area contributed by atoms with Crippen molar-refractivity contribution in [1.29, 1.82) is 0 Å². The molecule has 0 aliphatic carbocycles. The van der Waals surface area contributed by atoms with Gasteiger partial charge in [-0.25, -0.2) is 4.79 Å². The minimum Gasteiger partial charge on any atom is -0.492 e. The first-order valence-corrected chi connectivity index (χ1v) is 8.31. The van der Waals surface area contributed by atoms with Crippen molar-refractivity contribution in [1.82, 2.24) is 0 Å². The van der Waals surface area contributed by atoms with Crippen molar-refractivity contribution in [2.24, 2.45) is 0 Å². The predicted octanol–water partition coefficient (Wildman–Crippen LogP) is 4.42. The minimum absolute atomic E-state index is 0.237. The summed E-state index contributed by atoms with van der Waals surface area (Å²) in [5, 5.41) is 2.63. The number of halogens is 1. The quantitative estimate of drug-likeness (QED) is 0.584. The van der Waals surface area contributed by atoms with Gasteiger partial charge in [-0.15, -0.1) is 0 Å². The Morgan fingerprint density at radius 1 is 1.12 bits per heavy atom. The van der Waals surface area contributed by atoms with Gasteiger partial charge in [0.25, 0.3) is 0 Å². The van der Waals surface area contributed by atoms with Crippen LogP contribution in [0.15, 0.2) is 46.9 Å². The van der Waals surface area contributed by atoms with E-state index in [0.29, 0.717) is 33.8 Å². The Bertz CT molecular complexity index is 746. The SMILES string of the molecule is CCCOc1ccc(C(=O)Oc2ccccc2NC(C)=O)cc1Br. The number of nitrogens with one attached hydrogen (secondary N) is 1. The van der Waals surface area contributed by atoms with Crippen molar-refractivity contribution in [3.05, 3.63) is 52.5 Å². The second-order valence-corrected chi connectivity index (χ2v) is 5.91. The molecule has 2 aromatic carbocycles. The Kier molecular flexibility index (Phi) is 6.37. The first-order valence-electron chi connectivity index (χ1n) is 7.52. The van der Waals surface area contributed by atoms with Crippen LogP contribution in [0.4, 0.5) is 5.69 Å². The zero-order valence-electron chi connectivity index (χ0n) is 13.5. The molecule has 24 heavy (non-hydrogen) atoms. The molecule has 1 amide bonds. The number of hydrogen-bond donors (Lipinski definition) is 1. The molecule has 0 saturated heterocycles. The maximum absolute atomic E-state index is 12.3. The monoisotopic (exact) mass is 391 g/mol. The fraction of sp³-hybridized carbons (Fsp3) is 0.222. The highest BCUT2D eigenvalue weighted by atomic mass is 79.9. The summed E-state index contributed by atoms with van der Waals surface area (Å²) in [6, 6.07) is 11.8. The van der Waals surface area contributed by atoms with E-state index in [0.717, 1.165) is 6.42 Å². The summed E-state index contributed by atoms with van der Waals surface area (Å²) in [5.74, 6) is 0.210. The molecule has 0 aliphatic rings. The first-order chi connectivity index (χ1) is 11.5. The fourth-order valence-electron chi connectivity index (χ4n) is 1.96. The second-order valence-electron chi connectivity index (χ2n) is 5.06. The summed E-state index contributed by atoms with van der Waals surface area (Å²) < 4.78 is 11.6. The maximum atomic E-state index is 12.3. The van der Waals surface area contributed by atoms with Crippen LogP contribution in [0.25, 0.3) is 0 Å². The molecule has 0 heterocycles. The second kappa shape index (κ2) is 8.49. The van der Waals surface area contributed by atoms with Crippen LogP contribution in [0.2, 0.25) is 0 Å². The van der Waals surface area contributed by atoms with Crippen LogP contribution in [0, 0.1) is 0 Å². The molecule has 5 nitrogen and oxygen atoms in total. The third kappa shape index (κ3) is 4.83. The van der Waals surface area contributed by atoms with E-state index in [-0.39, 0.29) is 5.91 Å². The van der Waals surface area contributed by atoms with Gasteiger partial charge in [-0.3, -0.25) is 4.79 Å². The van der Waals surface area contributed by atoms with E-state index in [1.807, 2.05) is 6.92 Å². The summed E-state index contributed by atoms with van der Waals surface area (Å²) >= 11 is 3.39. The van der Waals surface area contributed by atoms with E-state index >= 15 is 0 Å². The third-order valence-electron chi connectivity index (χ3n) is 3.03. The molecule has 0 spiro atoms. The van der Waals surface area contributed by atoms with Crippen LogP contribution in [-0.4, -0.2) is 18.5 Å². The minimum atomic E-state index is -0.518. The fourth-order valence-corrected chi connectivity index (χ4v) is 2.46. The molecule has 0 aromatic heterocycles. The summed E-state index contributed by atoms with van der Waals surface area (Å²) in [6.07, 6.45) is 0.899. The van der Waals surface area contributed by atoms with Gasteiger partial charge in [-0.1, -0.05) is 19.1 Å². The van der Waals surface area contributed by atoms with E-state index in [4.69, 9.17) is 9.47 Å². The molecule has 0 fully saturated rings. The number of anilines is 1. The number of carbonyl (C=O) groups is 2. The van der Waals surface area contributed by atoms with Gasteiger partial charge in [-0.05, 0) is 52.7 Å². The van der Waals surface area contributed by atoms with Gasteiger partial charge in [0.1, 0.15) is 5.75 Å². The van der Waals surface area contributed by atoms with Gasteiger partial charge < -0.3 is 14.8 Å². The normalized spacial score (nSPS) is 10.1. The van der Waals surface area contributed by atoms with Crippen LogP contribution in [-0.2, 0) is 4.79 Å². The number of hydrogen-bond acceptors (Lipinski definition) is 4. The summed E-state index contributed by atoms with van der Waals surface area (Å²) in [4.78, 5) is 23.6. The molecule has 126 valence electrons. The van der Waals surface area contributed by atoms with Gasteiger partial charge in [0.15, 0.2) is 5.75 Å². The summed E-state index contributed by atoms with van der Waals surface area (Å²) in [5.41, 5.74) is 0.823. The number of benzene rings is 2. The smallest absolute Gasteiger partial charge is 0.343 e. The van der Waals surface area contributed by atoms with Crippen LogP contribution >= 0.6 is 15.9 Å². The highest BCUT2D eigenvalue weighted by Gasteiger charge is 2.14. The van der Waals surface area contributed by atoms with E-state index in [1.165, 1.54) is 6.92 Å². The van der Waals surface area contributed by atoms with Gasteiger partial charge >= 0.3 is 5.97 Å². The molecule has 0 bridgehead atoms. The number of ether oxygens (including phenoxy) is 2. The molecular formula is C18H18BrNO4. The number of amides is 1. The Hall–Kier alpha value is -2.34. The van der Waals surface area contributed by atoms with E-state index in [1.54, 1.807) is 42.5 Å². The lowest BCUT2D eigenvalue weighted by atomic mass is 10.2. The molecular weight excluding hydrogens is 374 g/mol. The largest absolute Gasteiger partial charge is 0.492 e. The standard InChI is InChI=1S/C18H18BrNO4/c1-3-10-23-16-9-8-13(11-14(16)19)18(22)24-17-7-5-4-6-15(17)20-12(2)21/h4-9,11H,3,10H2,1-2H3,(H,20,21). The van der Waals surface area contributed by atoms with Crippen molar-refractivity contribution >= 4 is 33.5 Å². The van der Waals surface area contributed by atoms with Gasteiger partial charge in [0, 0.05) is 6.92 Å². The molecule has 6 heteroatoms. The number of rotatable bonds is 6. The molecule has 1 N–H and O–H groups in total. The molecule has 0 aliphatic heterocycles. The maximum Gasteiger partial charge on any atom is 0.343 e. The Morgan fingerprint density at radius 2 is 1.88 bits per heavy atom. The Balaban J connectivity index is 2.16. The van der Waals surface area contributed by atoms with Crippen molar-refractivity contribution in [3.63, 3.8) is 0 Å². The average Bonchev–Trinajstić information content (AvgIpc) is 2.55. The molecule has 0 atom stereocenters. The van der Waals surface area contributed by atoms with Crippen LogP contribution in [0.5, 0.6) is 11.5 Å². The van der Waals surface area contributed by atoms with Crippen LogP contribution in [0.3, 0.4) is 0 Å². The van der Waals surface area contributed by atoms with Gasteiger partial charge in [0.2, 0.25) is 5.91 Å². The van der Waals surface area contributed by atoms with E-state index in [9.17, 15) is 9.59 Å². The average molecular weight is 392 g/mol. The highest BCUT2D eigenvalue weighted by molar-refractivity contribution is 9.10. The van der Waals surface area contributed by atoms with Crippen molar-refractivity contribution in [2.75, 3.05) is 11.9 Å². The van der Waals surface area contributed by atoms with E-state index in [2.05, 4.69) is 21.2 Å². The molecule has 0 saturated carbocycles.